The van der Waals surface area contributed by atoms with Crippen molar-refractivity contribution in [1.82, 2.24) is 0 Å². The molecular formula is C14H19ClN2O. The number of para-hydroxylation sites is 1. The summed E-state index contributed by atoms with van der Waals surface area (Å²) in [6.07, 6.45) is 3.96. The number of anilines is 1. The minimum atomic E-state index is 0.0820. The lowest BCUT2D eigenvalue weighted by Crippen LogP contribution is -2.29. The predicted molar refractivity (Wildman–Crippen MR) is 74.6 cm³/mol. The largest absolute Gasteiger partial charge is 0.330 e. The Morgan fingerprint density at radius 2 is 1.94 bits per heavy atom. The van der Waals surface area contributed by atoms with Gasteiger partial charge in [0.2, 0.25) is 5.91 Å². The molecule has 1 saturated carbocycles. The number of hydrogen-bond acceptors (Lipinski definition) is 2. The van der Waals surface area contributed by atoms with E-state index in [-0.39, 0.29) is 11.8 Å². The molecule has 1 amide bonds. The fraction of sp³-hybridized carbons (Fsp3) is 0.500. The third-order valence-electron chi connectivity index (χ3n) is 3.68. The number of carbonyl (C=O) groups is 1. The Morgan fingerprint density at radius 3 is 2.56 bits per heavy atom. The van der Waals surface area contributed by atoms with Gasteiger partial charge in [-0.05, 0) is 50.3 Å². The second-order valence-electron chi connectivity index (χ2n) is 4.92. The summed E-state index contributed by atoms with van der Waals surface area (Å²) >= 11 is 6.02. The first-order valence-electron chi connectivity index (χ1n) is 6.46. The standard InChI is InChI=1S/C14H19ClN2O/c15-12-3-1-2-4-13(12)17-14(18)11-7-5-10(9-16)6-8-11/h1-4,10-11H,5-9,16H2,(H,17,18). The number of hydrogen-bond donors (Lipinski definition) is 2. The van der Waals surface area contributed by atoms with Crippen molar-refractivity contribution in [2.45, 2.75) is 25.7 Å². The van der Waals surface area contributed by atoms with E-state index in [2.05, 4.69) is 5.32 Å². The van der Waals surface area contributed by atoms with Gasteiger partial charge in [0.15, 0.2) is 0 Å². The highest BCUT2D eigenvalue weighted by Crippen LogP contribution is 2.30. The lowest BCUT2D eigenvalue weighted by Gasteiger charge is -2.26. The Balaban J connectivity index is 1.91. The van der Waals surface area contributed by atoms with E-state index >= 15 is 0 Å². The van der Waals surface area contributed by atoms with Crippen LogP contribution in [0.2, 0.25) is 5.02 Å². The summed E-state index contributed by atoms with van der Waals surface area (Å²) in [6, 6.07) is 7.32. The minimum Gasteiger partial charge on any atom is -0.330 e. The third kappa shape index (κ3) is 3.24. The molecule has 0 unspecified atom stereocenters. The van der Waals surface area contributed by atoms with Crippen molar-refractivity contribution in [2.75, 3.05) is 11.9 Å². The van der Waals surface area contributed by atoms with Crippen LogP contribution >= 0.6 is 11.6 Å². The van der Waals surface area contributed by atoms with Crippen molar-refractivity contribution < 1.29 is 4.79 Å². The molecule has 0 aromatic heterocycles. The zero-order valence-corrected chi connectivity index (χ0v) is 11.1. The molecule has 1 aromatic rings. The Morgan fingerprint density at radius 1 is 1.28 bits per heavy atom. The Labute approximate surface area is 113 Å². The van der Waals surface area contributed by atoms with Crippen LogP contribution in [0, 0.1) is 11.8 Å². The van der Waals surface area contributed by atoms with Crippen LogP contribution in [0.1, 0.15) is 25.7 Å². The first kappa shape index (κ1) is 13.4. The number of rotatable bonds is 3. The molecule has 1 aliphatic rings. The molecule has 0 saturated heterocycles. The van der Waals surface area contributed by atoms with Crippen molar-refractivity contribution >= 4 is 23.2 Å². The van der Waals surface area contributed by atoms with Gasteiger partial charge in [-0.3, -0.25) is 4.79 Å². The molecule has 3 N–H and O–H groups in total. The van der Waals surface area contributed by atoms with Gasteiger partial charge in [-0.2, -0.15) is 0 Å². The molecule has 0 radical (unpaired) electrons. The van der Waals surface area contributed by atoms with Crippen LogP contribution in [0.4, 0.5) is 5.69 Å². The van der Waals surface area contributed by atoms with Crippen molar-refractivity contribution in [3.8, 4) is 0 Å². The minimum absolute atomic E-state index is 0.0820. The lowest BCUT2D eigenvalue weighted by molar-refractivity contribution is -0.121. The molecular weight excluding hydrogens is 248 g/mol. The van der Waals surface area contributed by atoms with Crippen LogP contribution in [0.25, 0.3) is 0 Å². The number of nitrogens with two attached hydrogens (primary N) is 1. The molecule has 1 aliphatic carbocycles. The van der Waals surface area contributed by atoms with Crippen molar-refractivity contribution in [3.63, 3.8) is 0 Å². The van der Waals surface area contributed by atoms with Gasteiger partial charge in [-0.25, -0.2) is 0 Å². The van der Waals surface area contributed by atoms with E-state index in [0.717, 1.165) is 32.2 Å². The second-order valence-corrected chi connectivity index (χ2v) is 5.33. The van der Waals surface area contributed by atoms with Crippen molar-refractivity contribution in [3.05, 3.63) is 29.3 Å². The van der Waals surface area contributed by atoms with Gasteiger partial charge >= 0.3 is 0 Å². The fourth-order valence-electron chi connectivity index (χ4n) is 2.46. The first-order valence-corrected chi connectivity index (χ1v) is 6.84. The van der Waals surface area contributed by atoms with E-state index < -0.39 is 0 Å². The molecule has 2 rings (SSSR count). The number of carbonyl (C=O) groups excluding carboxylic acids is 1. The van der Waals surface area contributed by atoms with Gasteiger partial charge in [-0.15, -0.1) is 0 Å². The second kappa shape index (κ2) is 6.21. The summed E-state index contributed by atoms with van der Waals surface area (Å²) in [6.45, 7) is 0.735. The third-order valence-corrected chi connectivity index (χ3v) is 4.01. The topological polar surface area (TPSA) is 55.1 Å². The van der Waals surface area contributed by atoms with Gasteiger partial charge in [0.25, 0.3) is 0 Å². The van der Waals surface area contributed by atoms with Crippen LogP contribution < -0.4 is 11.1 Å². The predicted octanol–water partition coefficient (Wildman–Crippen LogP) is 3.04. The van der Waals surface area contributed by atoms with Crippen LogP contribution in [0.15, 0.2) is 24.3 Å². The maximum absolute atomic E-state index is 12.1. The quantitative estimate of drug-likeness (QED) is 0.884. The lowest BCUT2D eigenvalue weighted by atomic mass is 9.81. The van der Waals surface area contributed by atoms with Crippen LogP contribution in [-0.2, 0) is 4.79 Å². The summed E-state index contributed by atoms with van der Waals surface area (Å²) in [5.74, 6) is 0.775. The Bertz CT molecular complexity index is 414. The summed E-state index contributed by atoms with van der Waals surface area (Å²) < 4.78 is 0. The van der Waals surface area contributed by atoms with E-state index in [1.54, 1.807) is 6.07 Å². The summed E-state index contributed by atoms with van der Waals surface area (Å²) in [5, 5.41) is 3.50. The van der Waals surface area contributed by atoms with Crippen LogP contribution in [0.3, 0.4) is 0 Å². The maximum Gasteiger partial charge on any atom is 0.227 e. The fourth-order valence-corrected chi connectivity index (χ4v) is 2.64. The summed E-state index contributed by atoms with van der Waals surface area (Å²) in [4.78, 5) is 12.1. The first-order chi connectivity index (χ1) is 8.70. The number of benzene rings is 1. The molecule has 3 nitrogen and oxygen atoms in total. The molecule has 4 heteroatoms. The molecule has 98 valence electrons. The molecule has 0 aliphatic heterocycles. The Kier molecular flexibility index (Phi) is 4.61. The zero-order valence-electron chi connectivity index (χ0n) is 10.4. The highest BCUT2D eigenvalue weighted by atomic mass is 35.5. The molecule has 1 aromatic carbocycles. The van der Waals surface area contributed by atoms with Crippen LogP contribution in [0.5, 0.6) is 0 Å². The smallest absolute Gasteiger partial charge is 0.227 e. The van der Waals surface area contributed by atoms with Gasteiger partial charge in [-0.1, -0.05) is 23.7 Å². The normalized spacial score (nSPS) is 23.7. The van der Waals surface area contributed by atoms with Gasteiger partial charge in [0.1, 0.15) is 0 Å². The summed E-state index contributed by atoms with van der Waals surface area (Å²) in [7, 11) is 0. The SMILES string of the molecule is NCC1CCC(C(=O)Nc2ccccc2Cl)CC1. The zero-order chi connectivity index (χ0) is 13.0. The molecule has 0 bridgehead atoms. The number of amides is 1. The number of nitrogens with one attached hydrogen (secondary N) is 1. The highest BCUT2D eigenvalue weighted by molar-refractivity contribution is 6.33. The molecule has 18 heavy (non-hydrogen) atoms. The van der Waals surface area contributed by atoms with Crippen molar-refractivity contribution in [1.29, 1.82) is 0 Å². The molecule has 0 spiro atoms. The van der Waals surface area contributed by atoms with Crippen molar-refractivity contribution in [2.24, 2.45) is 17.6 Å². The average molecular weight is 267 g/mol. The maximum atomic E-state index is 12.1. The summed E-state index contributed by atoms with van der Waals surface area (Å²) in [5.41, 5.74) is 6.35. The van der Waals surface area contributed by atoms with E-state index in [4.69, 9.17) is 17.3 Å². The monoisotopic (exact) mass is 266 g/mol. The van der Waals surface area contributed by atoms with Gasteiger partial charge < -0.3 is 11.1 Å². The van der Waals surface area contributed by atoms with Gasteiger partial charge in [0, 0.05) is 5.92 Å². The number of halogens is 1. The van der Waals surface area contributed by atoms with E-state index in [1.807, 2.05) is 18.2 Å². The van der Waals surface area contributed by atoms with Gasteiger partial charge in [0.05, 0.1) is 10.7 Å². The molecule has 0 atom stereocenters. The van der Waals surface area contributed by atoms with E-state index in [9.17, 15) is 4.79 Å². The Hall–Kier alpha value is -1.06. The van der Waals surface area contributed by atoms with E-state index in [0.29, 0.717) is 16.6 Å². The average Bonchev–Trinajstić information content (AvgIpc) is 2.41. The molecule has 0 heterocycles. The molecule has 1 fully saturated rings. The van der Waals surface area contributed by atoms with E-state index in [1.165, 1.54) is 0 Å². The highest BCUT2D eigenvalue weighted by Gasteiger charge is 2.25. The van der Waals surface area contributed by atoms with Crippen LogP contribution in [-0.4, -0.2) is 12.5 Å².